The third-order valence-corrected chi connectivity index (χ3v) is 10.4. The molecule has 0 atom stereocenters. The largest absolute Gasteiger partial charge is 0.306 e. The summed E-state index contributed by atoms with van der Waals surface area (Å²) in [5.74, 6) is 0.698. The molecule has 0 amide bonds. The van der Waals surface area contributed by atoms with Crippen molar-refractivity contribution in [3.63, 3.8) is 0 Å². The molecule has 0 fully saturated rings. The number of fused-ring (bicyclic) bond motifs is 3. The Bertz CT molecular complexity index is 2890. The van der Waals surface area contributed by atoms with E-state index in [0.717, 1.165) is 61.1 Å². The van der Waals surface area contributed by atoms with Crippen LogP contribution in [-0.2, 0) is 0 Å². The van der Waals surface area contributed by atoms with E-state index in [2.05, 4.69) is 211 Å². The van der Waals surface area contributed by atoms with E-state index in [1.165, 1.54) is 27.8 Å². The Morgan fingerprint density at radius 2 is 0.727 bits per heavy atom. The number of nitrogens with zero attached hydrogens (tertiary/aromatic N) is 3. The zero-order chi connectivity index (χ0) is 36.6. The van der Waals surface area contributed by atoms with E-state index >= 15 is 0 Å². The van der Waals surface area contributed by atoms with Crippen LogP contribution in [0.2, 0.25) is 0 Å². The number of hydrogen-bond donors (Lipinski definition) is 0. The minimum Gasteiger partial charge on any atom is -0.306 e. The van der Waals surface area contributed by atoms with Crippen LogP contribution in [0.15, 0.2) is 212 Å². The van der Waals surface area contributed by atoms with Gasteiger partial charge in [0.05, 0.1) is 16.7 Å². The van der Waals surface area contributed by atoms with Crippen LogP contribution in [0.5, 0.6) is 0 Å². The Hall–Kier alpha value is -7.36. The maximum atomic E-state index is 5.37. The molecule has 0 aliphatic carbocycles. The standard InChI is InChI=1S/C52H35N3/c1-5-17-36(18-6-1)43-33-44(37-19-7-2-8-20-37)35-45(34-43)41-25-15-23-39(31-41)40-24-16-26-42(32-40)52-53-49(38-21-9-3-10-22-38)51-50(54-52)47-29-13-14-30-48(47)55(51)46-27-11-4-12-28-46/h1-35H. The van der Waals surface area contributed by atoms with Crippen LogP contribution in [-0.4, -0.2) is 14.5 Å². The van der Waals surface area contributed by atoms with Crippen LogP contribution in [0.3, 0.4) is 0 Å². The van der Waals surface area contributed by atoms with Gasteiger partial charge in [0.25, 0.3) is 0 Å². The van der Waals surface area contributed by atoms with Gasteiger partial charge in [0.15, 0.2) is 5.82 Å². The van der Waals surface area contributed by atoms with Crippen molar-refractivity contribution in [1.82, 2.24) is 14.5 Å². The van der Waals surface area contributed by atoms with Crippen molar-refractivity contribution in [2.45, 2.75) is 0 Å². The second-order valence-corrected chi connectivity index (χ2v) is 13.8. The van der Waals surface area contributed by atoms with Crippen LogP contribution >= 0.6 is 0 Å². The van der Waals surface area contributed by atoms with Crippen molar-refractivity contribution < 1.29 is 0 Å². The van der Waals surface area contributed by atoms with Crippen molar-refractivity contribution in [2.24, 2.45) is 0 Å². The van der Waals surface area contributed by atoms with Gasteiger partial charge in [0.2, 0.25) is 0 Å². The van der Waals surface area contributed by atoms with Gasteiger partial charge >= 0.3 is 0 Å². The highest BCUT2D eigenvalue weighted by Crippen LogP contribution is 2.39. The van der Waals surface area contributed by atoms with Crippen LogP contribution in [0.1, 0.15) is 0 Å². The predicted molar refractivity (Wildman–Crippen MR) is 229 cm³/mol. The summed E-state index contributed by atoms with van der Waals surface area (Å²) < 4.78 is 2.30. The highest BCUT2D eigenvalue weighted by molar-refractivity contribution is 6.11. The number of hydrogen-bond acceptors (Lipinski definition) is 2. The lowest BCUT2D eigenvalue weighted by Gasteiger charge is -2.13. The molecule has 0 spiro atoms. The van der Waals surface area contributed by atoms with Gasteiger partial charge in [-0.3, -0.25) is 0 Å². The summed E-state index contributed by atoms with van der Waals surface area (Å²) in [5, 5.41) is 1.10. The summed E-state index contributed by atoms with van der Waals surface area (Å²) in [5.41, 5.74) is 16.4. The van der Waals surface area contributed by atoms with Gasteiger partial charge < -0.3 is 4.57 Å². The fourth-order valence-corrected chi connectivity index (χ4v) is 7.72. The molecule has 0 unspecified atom stereocenters. The van der Waals surface area contributed by atoms with Gasteiger partial charge in [-0.1, -0.05) is 164 Å². The minimum atomic E-state index is 0.698. The molecule has 8 aromatic carbocycles. The zero-order valence-corrected chi connectivity index (χ0v) is 30.0. The number of aromatic nitrogens is 3. The first-order valence-corrected chi connectivity index (χ1v) is 18.7. The third-order valence-electron chi connectivity index (χ3n) is 10.4. The van der Waals surface area contributed by atoms with Crippen molar-refractivity contribution >= 4 is 21.9 Å². The zero-order valence-electron chi connectivity index (χ0n) is 30.0. The monoisotopic (exact) mass is 701 g/mol. The number of rotatable bonds is 7. The third kappa shape index (κ3) is 6.08. The lowest BCUT2D eigenvalue weighted by molar-refractivity contribution is 1.15. The summed E-state index contributed by atoms with van der Waals surface area (Å²) in [7, 11) is 0. The molecule has 3 heteroatoms. The molecule has 55 heavy (non-hydrogen) atoms. The molecule has 0 N–H and O–H groups in total. The van der Waals surface area contributed by atoms with E-state index in [0.29, 0.717) is 5.82 Å². The molecule has 0 saturated heterocycles. The van der Waals surface area contributed by atoms with E-state index in [-0.39, 0.29) is 0 Å². The van der Waals surface area contributed by atoms with Gasteiger partial charge in [-0.25, -0.2) is 9.97 Å². The maximum absolute atomic E-state index is 5.37. The summed E-state index contributed by atoms with van der Waals surface area (Å²) >= 11 is 0. The Kier molecular flexibility index (Phi) is 8.16. The second kappa shape index (κ2) is 13.9. The topological polar surface area (TPSA) is 30.7 Å². The first-order valence-electron chi connectivity index (χ1n) is 18.7. The van der Waals surface area contributed by atoms with E-state index < -0.39 is 0 Å². The molecule has 10 rings (SSSR count). The van der Waals surface area contributed by atoms with Crippen LogP contribution in [0, 0.1) is 0 Å². The minimum absolute atomic E-state index is 0.698. The predicted octanol–water partition coefficient (Wildman–Crippen LogP) is 13.6. The highest BCUT2D eigenvalue weighted by atomic mass is 15.0. The molecule has 258 valence electrons. The first kappa shape index (κ1) is 32.3. The Morgan fingerprint density at radius 1 is 0.309 bits per heavy atom. The molecule has 0 saturated carbocycles. The fourth-order valence-electron chi connectivity index (χ4n) is 7.72. The van der Waals surface area contributed by atoms with Crippen LogP contribution in [0.25, 0.3) is 94.8 Å². The Labute approximate surface area is 320 Å². The van der Waals surface area contributed by atoms with Gasteiger partial charge in [0.1, 0.15) is 5.52 Å². The molecule has 10 aromatic rings. The molecule has 3 nitrogen and oxygen atoms in total. The molecular formula is C52H35N3. The van der Waals surface area contributed by atoms with E-state index in [1.807, 2.05) is 6.07 Å². The smallest absolute Gasteiger partial charge is 0.160 e. The summed E-state index contributed by atoms with van der Waals surface area (Å²) in [6.45, 7) is 0. The van der Waals surface area contributed by atoms with Crippen molar-refractivity contribution in [2.75, 3.05) is 0 Å². The van der Waals surface area contributed by atoms with E-state index in [1.54, 1.807) is 0 Å². The summed E-state index contributed by atoms with van der Waals surface area (Å²) in [6.07, 6.45) is 0. The number of para-hydroxylation sites is 2. The Balaban J connectivity index is 1.11. The van der Waals surface area contributed by atoms with Crippen LogP contribution < -0.4 is 0 Å². The summed E-state index contributed by atoms with van der Waals surface area (Å²) in [4.78, 5) is 10.7. The molecule has 2 heterocycles. The van der Waals surface area contributed by atoms with E-state index in [4.69, 9.17) is 9.97 Å². The number of benzene rings is 8. The lowest BCUT2D eigenvalue weighted by atomic mass is 9.92. The van der Waals surface area contributed by atoms with Gasteiger partial charge in [0, 0.05) is 22.2 Å². The molecule has 0 aliphatic heterocycles. The maximum Gasteiger partial charge on any atom is 0.160 e. The normalized spacial score (nSPS) is 11.3. The quantitative estimate of drug-likeness (QED) is 0.166. The molecule has 0 radical (unpaired) electrons. The second-order valence-electron chi connectivity index (χ2n) is 13.8. The van der Waals surface area contributed by atoms with Crippen molar-refractivity contribution in [3.8, 4) is 72.8 Å². The van der Waals surface area contributed by atoms with Gasteiger partial charge in [-0.05, 0) is 93.0 Å². The van der Waals surface area contributed by atoms with Crippen molar-refractivity contribution in [1.29, 1.82) is 0 Å². The van der Waals surface area contributed by atoms with E-state index in [9.17, 15) is 0 Å². The van der Waals surface area contributed by atoms with Crippen molar-refractivity contribution in [3.05, 3.63) is 212 Å². The Morgan fingerprint density at radius 3 is 1.33 bits per heavy atom. The molecule has 0 bridgehead atoms. The van der Waals surface area contributed by atoms with Gasteiger partial charge in [-0.2, -0.15) is 0 Å². The average Bonchev–Trinajstić information content (AvgIpc) is 3.61. The molecule has 0 aliphatic rings. The highest BCUT2D eigenvalue weighted by Gasteiger charge is 2.21. The van der Waals surface area contributed by atoms with Gasteiger partial charge in [-0.15, -0.1) is 0 Å². The molecule has 2 aromatic heterocycles. The fraction of sp³-hybridized carbons (Fsp3) is 0. The molecular weight excluding hydrogens is 667 g/mol. The lowest BCUT2D eigenvalue weighted by Crippen LogP contribution is -1.99. The average molecular weight is 702 g/mol. The summed E-state index contributed by atoms with van der Waals surface area (Å²) in [6, 6.07) is 75.1. The van der Waals surface area contributed by atoms with Crippen LogP contribution in [0.4, 0.5) is 0 Å². The first-order chi connectivity index (χ1) is 27.3. The SMILES string of the molecule is c1ccc(-c2cc(-c3ccccc3)cc(-c3cccc(-c4cccc(-c5nc(-c6ccccc6)c6c(n5)c5ccccc5n6-c5ccccc5)c4)c3)c2)cc1.